The molecular formula is C29H36FN9O2. The molecule has 0 saturated carbocycles. The summed E-state index contributed by atoms with van der Waals surface area (Å²) in [5.74, 6) is 0.589. The molecule has 4 saturated heterocycles. The molecule has 41 heavy (non-hydrogen) atoms. The van der Waals surface area contributed by atoms with Gasteiger partial charge < -0.3 is 29.5 Å². The molecule has 3 aromatic rings. The van der Waals surface area contributed by atoms with E-state index in [9.17, 15) is 9.65 Å². The molecule has 4 aliphatic rings. The molecule has 0 radical (unpaired) electrons. The fourth-order valence-corrected chi connectivity index (χ4v) is 6.68. The van der Waals surface area contributed by atoms with Crippen LogP contribution in [0.1, 0.15) is 12.6 Å². The van der Waals surface area contributed by atoms with E-state index in [1.807, 2.05) is 12.3 Å². The van der Waals surface area contributed by atoms with Gasteiger partial charge in [-0.15, -0.1) is 0 Å². The molecule has 216 valence electrons. The molecule has 4 aliphatic heterocycles. The third-order valence-corrected chi connectivity index (χ3v) is 8.72. The molecule has 0 aromatic carbocycles. The van der Waals surface area contributed by atoms with Gasteiger partial charge in [0.15, 0.2) is 5.82 Å². The standard InChI is InChI=1S/C29H36FN9O2/c1-21-15-37(26-4-2-22(12-31)39-28(26)25(30)14-34-39)17-24(41-21)16-35-7-9-36(10-8-35)23-3-5-27(33-13-23)38-19-29(20-38)18-32-6-11-40-29/h2-5,13-14,21,24,32H,6-11,15-20H2,1H3/t21-,24+/m1/s1. The zero-order valence-corrected chi connectivity index (χ0v) is 23.4. The van der Waals surface area contributed by atoms with Gasteiger partial charge in [0.05, 0.1) is 55.7 Å². The van der Waals surface area contributed by atoms with Crippen LogP contribution in [0.15, 0.2) is 36.7 Å². The molecule has 7 heterocycles. The van der Waals surface area contributed by atoms with Crippen molar-refractivity contribution in [3.05, 3.63) is 48.2 Å². The van der Waals surface area contributed by atoms with Gasteiger partial charge >= 0.3 is 0 Å². The van der Waals surface area contributed by atoms with Crippen LogP contribution in [-0.4, -0.2) is 116 Å². The summed E-state index contributed by atoms with van der Waals surface area (Å²) in [5, 5.41) is 16.9. The number of aromatic nitrogens is 3. The first kappa shape index (κ1) is 26.4. The maximum atomic E-state index is 14.7. The highest BCUT2D eigenvalue weighted by Gasteiger charge is 2.45. The Kier molecular flexibility index (Phi) is 6.90. The van der Waals surface area contributed by atoms with Crippen molar-refractivity contribution in [3.8, 4) is 6.07 Å². The maximum absolute atomic E-state index is 14.7. The van der Waals surface area contributed by atoms with Crippen LogP contribution in [0.4, 0.5) is 21.6 Å². The minimum absolute atomic E-state index is 0.00327. The summed E-state index contributed by atoms with van der Waals surface area (Å²) in [6, 6.07) is 9.93. The van der Waals surface area contributed by atoms with Crippen molar-refractivity contribution in [1.29, 1.82) is 5.26 Å². The third-order valence-electron chi connectivity index (χ3n) is 8.72. The van der Waals surface area contributed by atoms with Crippen molar-refractivity contribution >= 4 is 22.7 Å². The number of fused-ring (bicyclic) bond motifs is 1. The van der Waals surface area contributed by atoms with E-state index < -0.39 is 5.82 Å². The van der Waals surface area contributed by atoms with Crippen LogP contribution in [0.2, 0.25) is 0 Å². The van der Waals surface area contributed by atoms with E-state index in [1.54, 1.807) is 6.07 Å². The Hall–Kier alpha value is -3.50. The first-order valence-corrected chi connectivity index (χ1v) is 14.5. The van der Waals surface area contributed by atoms with Crippen LogP contribution in [0.5, 0.6) is 0 Å². The van der Waals surface area contributed by atoms with Crippen molar-refractivity contribution in [2.45, 2.75) is 24.7 Å². The molecule has 2 atom stereocenters. The van der Waals surface area contributed by atoms with Crippen LogP contribution in [0.25, 0.3) is 5.52 Å². The number of hydrogen-bond acceptors (Lipinski definition) is 10. The summed E-state index contributed by atoms with van der Waals surface area (Å²) in [7, 11) is 0. The molecule has 7 rings (SSSR count). The van der Waals surface area contributed by atoms with Crippen molar-refractivity contribution in [1.82, 2.24) is 24.8 Å². The highest BCUT2D eigenvalue weighted by atomic mass is 19.1. The normalized spacial score (nSPS) is 25.0. The summed E-state index contributed by atoms with van der Waals surface area (Å²) in [6.45, 7) is 12.3. The number of halogens is 1. The molecule has 1 N–H and O–H groups in total. The second-order valence-electron chi connectivity index (χ2n) is 11.7. The monoisotopic (exact) mass is 561 g/mol. The van der Waals surface area contributed by atoms with Gasteiger partial charge in [0, 0.05) is 58.9 Å². The maximum Gasteiger partial charge on any atom is 0.171 e. The van der Waals surface area contributed by atoms with Crippen molar-refractivity contribution in [2.75, 3.05) is 93.3 Å². The number of nitriles is 1. The molecule has 1 spiro atoms. The summed E-state index contributed by atoms with van der Waals surface area (Å²) >= 11 is 0. The molecule has 3 aromatic heterocycles. The number of nitrogens with zero attached hydrogens (tertiary/aromatic N) is 8. The van der Waals surface area contributed by atoms with Crippen molar-refractivity contribution < 1.29 is 13.9 Å². The lowest BCUT2D eigenvalue weighted by Crippen LogP contribution is -2.70. The minimum Gasteiger partial charge on any atom is -0.370 e. The molecule has 11 nitrogen and oxygen atoms in total. The molecular weight excluding hydrogens is 525 g/mol. The fraction of sp³-hybridized carbons (Fsp3) is 0.552. The second kappa shape index (κ2) is 10.7. The number of pyridine rings is 2. The Balaban J connectivity index is 0.941. The smallest absolute Gasteiger partial charge is 0.171 e. The van der Waals surface area contributed by atoms with E-state index in [0.29, 0.717) is 24.3 Å². The fourth-order valence-electron chi connectivity index (χ4n) is 6.68. The molecule has 0 unspecified atom stereocenters. The lowest BCUT2D eigenvalue weighted by molar-refractivity contribution is -0.0831. The second-order valence-corrected chi connectivity index (χ2v) is 11.7. The lowest BCUT2D eigenvalue weighted by Gasteiger charge is -2.52. The summed E-state index contributed by atoms with van der Waals surface area (Å²) < 4.78 is 28.4. The van der Waals surface area contributed by atoms with E-state index in [4.69, 9.17) is 14.5 Å². The van der Waals surface area contributed by atoms with Gasteiger partial charge in [-0.05, 0) is 31.2 Å². The molecule has 0 bridgehead atoms. The van der Waals surface area contributed by atoms with E-state index in [2.05, 4.69) is 55.1 Å². The van der Waals surface area contributed by atoms with Crippen LogP contribution in [0.3, 0.4) is 0 Å². The number of anilines is 3. The quantitative estimate of drug-likeness (QED) is 0.492. The molecule has 4 fully saturated rings. The Morgan fingerprint density at radius 1 is 1.07 bits per heavy atom. The number of rotatable bonds is 5. The Morgan fingerprint density at radius 2 is 1.93 bits per heavy atom. The largest absolute Gasteiger partial charge is 0.370 e. The summed E-state index contributed by atoms with van der Waals surface area (Å²) in [5.41, 5.74) is 2.51. The van der Waals surface area contributed by atoms with Gasteiger partial charge in [-0.2, -0.15) is 10.4 Å². The zero-order valence-electron chi connectivity index (χ0n) is 23.4. The molecule has 12 heteroatoms. The zero-order chi connectivity index (χ0) is 28.0. The summed E-state index contributed by atoms with van der Waals surface area (Å²) in [4.78, 5) is 14.1. The van der Waals surface area contributed by atoms with Crippen molar-refractivity contribution in [3.63, 3.8) is 0 Å². The average Bonchev–Trinajstić information content (AvgIpc) is 3.37. The van der Waals surface area contributed by atoms with Gasteiger partial charge in [-0.25, -0.2) is 13.9 Å². The van der Waals surface area contributed by atoms with E-state index in [0.717, 1.165) is 82.7 Å². The number of ether oxygens (including phenoxy) is 2. The van der Waals surface area contributed by atoms with Gasteiger partial charge in [0.2, 0.25) is 0 Å². The van der Waals surface area contributed by atoms with Crippen LogP contribution in [-0.2, 0) is 9.47 Å². The van der Waals surface area contributed by atoms with Crippen LogP contribution >= 0.6 is 0 Å². The highest BCUT2D eigenvalue weighted by molar-refractivity contribution is 5.74. The molecule has 0 amide bonds. The Bertz CT molecular complexity index is 1420. The van der Waals surface area contributed by atoms with Gasteiger partial charge in [0.25, 0.3) is 0 Å². The van der Waals surface area contributed by atoms with Crippen LogP contribution < -0.4 is 20.0 Å². The first-order valence-electron chi connectivity index (χ1n) is 14.5. The number of morpholine rings is 2. The van der Waals surface area contributed by atoms with Gasteiger partial charge in [-0.1, -0.05) is 0 Å². The highest BCUT2D eigenvalue weighted by Crippen LogP contribution is 2.32. The Morgan fingerprint density at radius 3 is 2.66 bits per heavy atom. The molecule has 0 aliphatic carbocycles. The van der Waals surface area contributed by atoms with E-state index in [-0.39, 0.29) is 17.8 Å². The number of nitrogens with one attached hydrogen (secondary N) is 1. The summed E-state index contributed by atoms with van der Waals surface area (Å²) in [6.07, 6.45) is 3.17. The predicted molar refractivity (Wildman–Crippen MR) is 153 cm³/mol. The van der Waals surface area contributed by atoms with E-state index in [1.165, 1.54) is 10.7 Å². The van der Waals surface area contributed by atoms with Gasteiger partial charge in [-0.3, -0.25) is 4.90 Å². The lowest BCUT2D eigenvalue weighted by atomic mass is 9.92. The van der Waals surface area contributed by atoms with Crippen molar-refractivity contribution in [2.24, 2.45) is 0 Å². The topological polar surface area (TPSA) is 97.4 Å². The van der Waals surface area contributed by atoms with Gasteiger partial charge in [0.1, 0.15) is 28.7 Å². The SMILES string of the molecule is C[C@@H]1CN(c2ccc(C#N)n3ncc(F)c23)C[C@H](CN2CCN(c3ccc(N4CC5(CNCCO5)C4)nc3)CC2)O1. The van der Waals surface area contributed by atoms with E-state index >= 15 is 0 Å². The third kappa shape index (κ3) is 5.08. The number of hydrogen-bond donors (Lipinski definition) is 1. The Labute approximate surface area is 239 Å². The first-order chi connectivity index (χ1) is 20.0. The minimum atomic E-state index is -0.421. The van der Waals surface area contributed by atoms with Crippen LogP contribution in [0, 0.1) is 17.1 Å². The average molecular weight is 562 g/mol. The number of piperazine rings is 1. The predicted octanol–water partition coefficient (Wildman–Crippen LogP) is 1.33.